The zero-order valence-corrected chi connectivity index (χ0v) is 11.3. The van der Waals surface area contributed by atoms with E-state index >= 15 is 0 Å². The van der Waals surface area contributed by atoms with Crippen molar-refractivity contribution in [2.75, 3.05) is 20.6 Å². The van der Waals surface area contributed by atoms with Crippen LogP contribution >= 0.6 is 0 Å². The molecule has 3 nitrogen and oxygen atoms in total. The summed E-state index contributed by atoms with van der Waals surface area (Å²) in [5.74, 6) is 0.267. The Morgan fingerprint density at radius 1 is 1.33 bits per heavy atom. The first-order valence-electron chi connectivity index (χ1n) is 6.69. The number of carbonyl (C=O) groups is 1. The molecule has 0 saturated heterocycles. The van der Waals surface area contributed by atoms with E-state index in [1.54, 1.807) is 0 Å². The molecule has 18 heavy (non-hydrogen) atoms. The highest BCUT2D eigenvalue weighted by Gasteiger charge is 2.26. The molecule has 1 aromatic carbocycles. The first-order valence-corrected chi connectivity index (χ1v) is 6.69. The minimum atomic E-state index is 0.267. The van der Waals surface area contributed by atoms with Crippen LogP contribution in [0.5, 0.6) is 0 Å². The molecule has 0 atom stereocenters. The van der Waals surface area contributed by atoms with Crippen molar-refractivity contribution >= 4 is 5.91 Å². The summed E-state index contributed by atoms with van der Waals surface area (Å²) >= 11 is 0. The molecular weight excluding hydrogens is 224 g/mol. The van der Waals surface area contributed by atoms with Crippen LogP contribution in [0.25, 0.3) is 0 Å². The van der Waals surface area contributed by atoms with E-state index in [4.69, 9.17) is 0 Å². The zero-order chi connectivity index (χ0) is 13.0. The predicted octanol–water partition coefficient (Wildman–Crippen LogP) is 1.61. The number of nitrogens with one attached hydrogen (secondary N) is 1. The SMILES string of the molecule is CNCCCC(=O)N(C)C1Cc2ccccc2C1. The molecule has 3 heteroatoms. The summed E-state index contributed by atoms with van der Waals surface area (Å²) in [6.45, 7) is 0.907. The highest BCUT2D eigenvalue weighted by molar-refractivity contribution is 5.76. The molecule has 2 rings (SSSR count). The topological polar surface area (TPSA) is 32.3 Å². The van der Waals surface area contributed by atoms with Crippen LogP contribution in [0.1, 0.15) is 24.0 Å². The fourth-order valence-corrected chi connectivity index (χ4v) is 2.61. The van der Waals surface area contributed by atoms with Crippen molar-refractivity contribution in [2.45, 2.75) is 31.7 Å². The molecule has 0 fully saturated rings. The van der Waals surface area contributed by atoms with Crippen molar-refractivity contribution in [3.05, 3.63) is 35.4 Å². The third-order valence-corrected chi connectivity index (χ3v) is 3.79. The van der Waals surface area contributed by atoms with Gasteiger partial charge in [0, 0.05) is 19.5 Å². The summed E-state index contributed by atoms with van der Waals surface area (Å²) < 4.78 is 0. The van der Waals surface area contributed by atoms with Gasteiger partial charge in [-0.25, -0.2) is 0 Å². The number of nitrogens with zero attached hydrogens (tertiary/aromatic N) is 1. The molecule has 0 aliphatic heterocycles. The predicted molar refractivity (Wildman–Crippen MR) is 73.6 cm³/mol. The molecule has 98 valence electrons. The van der Waals surface area contributed by atoms with Crippen molar-refractivity contribution in [1.29, 1.82) is 0 Å². The van der Waals surface area contributed by atoms with Gasteiger partial charge in [-0.05, 0) is 44.0 Å². The molecular formula is C15H22N2O. The molecule has 0 aromatic heterocycles. The van der Waals surface area contributed by atoms with Crippen LogP contribution in [0.3, 0.4) is 0 Å². The minimum absolute atomic E-state index is 0.267. The number of benzene rings is 1. The molecule has 0 spiro atoms. The third kappa shape index (κ3) is 2.91. The van der Waals surface area contributed by atoms with Gasteiger partial charge in [-0.15, -0.1) is 0 Å². The molecule has 0 saturated carbocycles. The van der Waals surface area contributed by atoms with E-state index < -0.39 is 0 Å². The summed E-state index contributed by atoms with van der Waals surface area (Å²) in [7, 11) is 3.86. The quantitative estimate of drug-likeness (QED) is 0.801. The Labute approximate surface area is 109 Å². The molecule has 0 unspecified atom stereocenters. The Hall–Kier alpha value is -1.35. The van der Waals surface area contributed by atoms with Crippen molar-refractivity contribution in [3.63, 3.8) is 0 Å². The second kappa shape index (κ2) is 6.01. The number of rotatable bonds is 5. The van der Waals surface area contributed by atoms with Gasteiger partial charge in [-0.1, -0.05) is 24.3 Å². The summed E-state index contributed by atoms with van der Waals surface area (Å²) in [6.07, 6.45) is 3.57. The molecule has 0 bridgehead atoms. The van der Waals surface area contributed by atoms with Crippen LogP contribution in [0, 0.1) is 0 Å². The van der Waals surface area contributed by atoms with Crippen LogP contribution < -0.4 is 5.32 Å². The van der Waals surface area contributed by atoms with E-state index in [0.29, 0.717) is 12.5 Å². The number of likely N-dealkylation sites (N-methyl/N-ethyl adjacent to an activating group) is 1. The largest absolute Gasteiger partial charge is 0.342 e. The van der Waals surface area contributed by atoms with Crippen molar-refractivity contribution < 1.29 is 4.79 Å². The Morgan fingerprint density at radius 2 is 1.94 bits per heavy atom. The van der Waals surface area contributed by atoms with Crippen molar-refractivity contribution in [3.8, 4) is 0 Å². The molecule has 1 aliphatic rings. The lowest BCUT2D eigenvalue weighted by Crippen LogP contribution is -2.37. The highest BCUT2D eigenvalue weighted by Crippen LogP contribution is 2.25. The second-order valence-electron chi connectivity index (χ2n) is 5.04. The molecule has 1 aromatic rings. The normalized spacial score (nSPS) is 14.6. The van der Waals surface area contributed by atoms with Gasteiger partial charge in [-0.2, -0.15) is 0 Å². The average Bonchev–Trinajstić information content (AvgIpc) is 2.81. The number of fused-ring (bicyclic) bond motifs is 1. The molecule has 0 radical (unpaired) electrons. The van der Waals surface area contributed by atoms with Gasteiger partial charge in [0.2, 0.25) is 5.91 Å². The van der Waals surface area contributed by atoms with E-state index in [0.717, 1.165) is 25.8 Å². The zero-order valence-electron chi connectivity index (χ0n) is 11.3. The lowest BCUT2D eigenvalue weighted by molar-refractivity contribution is -0.131. The maximum absolute atomic E-state index is 12.1. The molecule has 0 heterocycles. The average molecular weight is 246 g/mol. The summed E-state index contributed by atoms with van der Waals surface area (Å²) in [5.41, 5.74) is 2.80. The van der Waals surface area contributed by atoms with E-state index in [1.165, 1.54) is 11.1 Å². The molecule has 1 aliphatic carbocycles. The summed E-state index contributed by atoms with van der Waals surface area (Å²) in [4.78, 5) is 14.0. The Kier molecular flexibility index (Phi) is 4.37. The van der Waals surface area contributed by atoms with Crippen LogP contribution in [-0.4, -0.2) is 37.5 Å². The van der Waals surface area contributed by atoms with E-state index in [9.17, 15) is 4.79 Å². The number of hydrogen-bond acceptors (Lipinski definition) is 2. The number of amides is 1. The number of carbonyl (C=O) groups excluding carboxylic acids is 1. The van der Waals surface area contributed by atoms with Gasteiger partial charge < -0.3 is 10.2 Å². The van der Waals surface area contributed by atoms with Gasteiger partial charge in [0.15, 0.2) is 0 Å². The summed E-state index contributed by atoms with van der Waals surface area (Å²) in [6, 6.07) is 8.86. The lowest BCUT2D eigenvalue weighted by Gasteiger charge is -2.24. The number of hydrogen-bond donors (Lipinski definition) is 1. The second-order valence-corrected chi connectivity index (χ2v) is 5.04. The minimum Gasteiger partial charge on any atom is -0.342 e. The summed E-state index contributed by atoms with van der Waals surface area (Å²) in [5, 5.41) is 3.07. The Balaban J connectivity index is 1.88. The van der Waals surface area contributed by atoms with Crippen LogP contribution in [-0.2, 0) is 17.6 Å². The van der Waals surface area contributed by atoms with E-state index in [2.05, 4.69) is 29.6 Å². The van der Waals surface area contributed by atoms with E-state index in [1.807, 2.05) is 19.0 Å². The highest BCUT2D eigenvalue weighted by atomic mass is 16.2. The van der Waals surface area contributed by atoms with Crippen LogP contribution in [0.4, 0.5) is 0 Å². The fraction of sp³-hybridized carbons (Fsp3) is 0.533. The lowest BCUT2D eigenvalue weighted by atomic mass is 10.1. The smallest absolute Gasteiger partial charge is 0.222 e. The molecule has 1 amide bonds. The van der Waals surface area contributed by atoms with Gasteiger partial charge in [-0.3, -0.25) is 4.79 Å². The van der Waals surface area contributed by atoms with Gasteiger partial charge >= 0.3 is 0 Å². The first-order chi connectivity index (χ1) is 8.72. The third-order valence-electron chi connectivity index (χ3n) is 3.79. The monoisotopic (exact) mass is 246 g/mol. The van der Waals surface area contributed by atoms with Gasteiger partial charge in [0.1, 0.15) is 0 Å². The standard InChI is InChI=1S/C15H22N2O/c1-16-9-5-8-15(18)17(2)14-10-12-6-3-4-7-13(12)11-14/h3-4,6-7,14,16H,5,8-11H2,1-2H3. The maximum atomic E-state index is 12.1. The first kappa shape index (κ1) is 13.1. The Morgan fingerprint density at radius 3 is 2.50 bits per heavy atom. The van der Waals surface area contributed by atoms with Crippen molar-refractivity contribution in [1.82, 2.24) is 10.2 Å². The van der Waals surface area contributed by atoms with Crippen LogP contribution in [0.15, 0.2) is 24.3 Å². The van der Waals surface area contributed by atoms with Crippen molar-refractivity contribution in [2.24, 2.45) is 0 Å². The van der Waals surface area contributed by atoms with Gasteiger partial charge in [0.05, 0.1) is 0 Å². The molecule has 1 N–H and O–H groups in total. The Bertz CT molecular complexity index is 392. The van der Waals surface area contributed by atoms with Gasteiger partial charge in [0.25, 0.3) is 0 Å². The van der Waals surface area contributed by atoms with E-state index in [-0.39, 0.29) is 5.91 Å². The van der Waals surface area contributed by atoms with Crippen LogP contribution in [0.2, 0.25) is 0 Å². The maximum Gasteiger partial charge on any atom is 0.222 e. The fourth-order valence-electron chi connectivity index (χ4n) is 2.61.